The van der Waals surface area contributed by atoms with Gasteiger partial charge in [-0.15, -0.1) is 0 Å². The monoisotopic (exact) mass is 407 g/mol. The van der Waals surface area contributed by atoms with E-state index in [1.54, 1.807) is 19.2 Å². The van der Waals surface area contributed by atoms with Crippen LogP contribution in [0.4, 0.5) is 0 Å². The minimum Gasteiger partial charge on any atom is -0.484 e. The van der Waals surface area contributed by atoms with Gasteiger partial charge < -0.3 is 14.2 Å². The molecule has 3 aromatic carbocycles. The normalized spacial score (nSPS) is 10.8. The van der Waals surface area contributed by atoms with E-state index in [0.717, 1.165) is 16.3 Å². The average molecular weight is 408 g/mol. The molecule has 0 aliphatic carbocycles. The topological polar surface area (TPSA) is 68.5 Å². The van der Waals surface area contributed by atoms with E-state index in [2.05, 4.69) is 10.1 Å². The van der Waals surface area contributed by atoms with Crippen LogP contribution in [0.5, 0.6) is 5.75 Å². The van der Waals surface area contributed by atoms with Crippen LogP contribution < -0.4 is 4.74 Å². The van der Waals surface area contributed by atoms with Gasteiger partial charge in [-0.1, -0.05) is 47.1 Å². The molecule has 0 N–H and O–H groups in total. The van der Waals surface area contributed by atoms with Gasteiger partial charge in [0.2, 0.25) is 11.7 Å². The van der Waals surface area contributed by atoms with E-state index in [-0.39, 0.29) is 19.1 Å². The average Bonchev–Trinajstić information content (AvgIpc) is 3.20. The minimum absolute atomic E-state index is 0.0764. The number of rotatable bonds is 6. The van der Waals surface area contributed by atoms with Gasteiger partial charge in [-0.3, -0.25) is 4.79 Å². The summed E-state index contributed by atoms with van der Waals surface area (Å²) in [4.78, 5) is 18.2. The second kappa shape index (κ2) is 8.32. The van der Waals surface area contributed by atoms with Crippen molar-refractivity contribution in [2.75, 3.05) is 13.7 Å². The molecule has 0 aliphatic heterocycles. The Morgan fingerprint density at radius 2 is 1.83 bits per heavy atom. The lowest BCUT2D eigenvalue weighted by atomic mass is 10.1. The van der Waals surface area contributed by atoms with Crippen LogP contribution >= 0.6 is 11.6 Å². The van der Waals surface area contributed by atoms with Gasteiger partial charge in [-0.2, -0.15) is 4.98 Å². The third-order valence-electron chi connectivity index (χ3n) is 4.45. The Hall–Kier alpha value is -3.38. The molecule has 29 heavy (non-hydrogen) atoms. The summed E-state index contributed by atoms with van der Waals surface area (Å²) in [6.07, 6.45) is 0. The molecule has 0 atom stereocenters. The molecule has 0 radical (unpaired) electrons. The van der Waals surface area contributed by atoms with Crippen molar-refractivity contribution in [3.63, 3.8) is 0 Å². The first kappa shape index (κ1) is 19.0. The number of aromatic nitrogens is 2. The summed E-state index contributed by atoms with van der Waals surface area (Å²) in [5.41, 5.74) is 0.790. The molecule has 0 aliphatic rings. The van der Waals surface area contributed by atoms with Gasteiger partial charge in [0.15, 0.2) is 6.61 Å². The highest BCUT2D eigenvalue weighted by atomic mass is 35.5. The van der Waals surface area contributed by atoms with E-state index in [0.29, 0.717) is 22.5 Å². The summed E-state index contributed by atoms with van der Waals surface area (Å²) < 4.78 is 10.9. The highest BCUT2D eigenvalue weighted by Gasteiger charge is 2.15. The van der Waals surface area contributed by atoms with E-state index in [1.165, 1.54) is 4.90 Å². The molecular formula is C22H18ClN3O3. The fraction of sp³-hybridized carbons (Fsp3) is 0.136. The molecule has 1 amide bonds. The maximum atomic E-state index is 12.4. The summed E-state index contributed by atoms with van der Waals surface area (Å²) in [7, 11) is 1.66. The first-order valence-electron chi connectivity index (χ1n) is 9.02. The van der Waals surface area contributed by atoms with Crippen molar-refractivity contribution in [2.24, 2.45) is 0 Å². The van der Waals surface area contributed by atoms with Crippen LogP contribution in [0.3, 0.4) is 0 Å². The lowest BCUT2D eigenvalue weighted by molar-refractivity contribution is -0.132. The minimum atomic E-state index is -0.190. The molecule has 146 valence electrons. The number of benzene rings is 3. The lowest BCUT2D eigenvalue weighted by Gasteiger charge is -2.15. The van der Waals surface area contributed by atoms with Gasteiger partial charge in [-0.25, -0.2) is 0 Å². The third kappa shape index (κ3) is 4.55. The van der Waals surface area contributed by atoms with Crippen molar-refractivity contribution < 1.29 is 14.1 Å². The molecule has 0 spiro atoms. The number of nitrogens with zero attached hydrogens (tertiary/aromatic N) is 3. The Morgan fingerprint density at radius 1 is 1.07 bits per heavy atom. The Balaban J connectivity index is 1.35. The van der Waals surface area contributed by atoms with Crippen LogP contribution in [0.2, 0.25) is 5.02 Å². The highest BCUT2D eigenvalue weighted by Crippen LogP contribution is 2.21. The molecular weight excluding hydrogens is 390 g/mol. The zero-order chi connectivity index (χ0) is 20.2. The largest absolute Gasteiger partial charge is 0.484 e. The maximum Gasteiger partial charge on any atom is 0.260 e. The summed E-state index contributed by atoms with van der Waals surface area (Å²) in [6, 6.07) is 20.8. The fourth-order valence-electron chi connectivity index (χ4n) is 2.84. The van der Waals surface area contributed by atoms with Gasteiger partial charge >= 0.3 is 0 Å². The van der Waals surface area contributed by atoms with Gasteiger partial charge in [0.1, 0.15) is 5.75 Å². The third-order valence-corrected chi connectivity index (χ3v) is 4.70. The molecule has 0 unspecified atom stereocenters. The van der Waals surface area contributed by atoms with Crippen molar-refractivity contribution in [1.82, 2.24) is 15.0 Å². The Morgan fingerprint density at radius 3 is 2.62 bits per heavy atom. The number of fused-ring (bicyclic) bond motifs is 1. The van der Waals surface area contributed by atoms with E-state index in [9.17, 15) is 4.79 Å². The molecule has 6 nitrogen and oxygen atoms in total. The summed E-state index contributed by atoms with van der Waals surface area (Å²) in [6.45, 7) is 0.119. The van der Waals surface area contributed by atoms with E-state index < -0.39 is 0 Å². The van der Waals surface area contributed by atoms with Crippen molar-refractivity contribution in [3.05, 3.63) is 77.6 Å². The summed E-state index contributed by atoms with van der Waals surface area (Å²) >= 11 is 5.89. The predicted octanol–water partition coefficient (Wildman–Crippen LogP) is 4.58. The van der Waals surface area contributed by atoms with Crippen molar-refractivity contribution in [2.45, 2.75) is 6.54 Å². The molecule has 0 saturated carbocycles. The number of amides is 1. The predicted molar refractivity (Wildman–Crippen MR) is 111 cm³/mol. The number of likely N-dealkylation sites (N-methyl/N-ethyl adjacent to an activating group) is 1. The SMILES string of the molecule is CN(Cc1nc(-c2ccc(Cl)cc2)no1)C(=O)COc1ccc2ccccc2c1. The molecule has 4 rings (SSSR count). The second-order valence-corrected chi connectivity index (χ2v) is 7.00. The number of hydrogen-bond acceptors (Lipinski definition) is 5. The molecule has 4 aromatic rings. The van der Waals surface area contributed by atoms with Crippen molar-refractivity contribution >= 4 is 28.3 Å². The Kier molecular flexibility index (Phi) is 5.44. The number of ether oxygens (including phenoxy) is 1. The second-order valence-electron chi connectivity index (χ2n) is 6.57. The molecule has 0 bridgehead atoms. The first-order valence-corrected chi connectivity index (χ1v) is 9.40. The Bertz CT molecular complexity index is 1140. The standard InChI is InChI=1S/C22H18ClN3O3/c1-26(13-20-24-22(25-29-20)16-6-9-18(23)10-7-16)21(27)14-28-19-11-8-15-4-2-3-5-17(15)12-19/h2-12H,13-14H2,1H3. The van der Waals surface area contributed by atoms with Gasteiger partial charge in [0.25, 0.3) is 5.91 Å². The van der Waals surface area contributed by atoms with Gasteiger partial charge in [-0.05, 0) is 47.2 Å². The van der Waals surface area contributed by atoms with Crippen LogP contribution in [0, 0.1) is 0 Å². The molecule has 1 aromatic heterocycles. The van der Waals surface area contributed by atoms with Crippen LogP contribution in [0.1, 0.15) is 5.89 Å². The Labute approximate surface area is 172 Å². The zero-order valence-electron chi connectivity index (χ0n) is 15.7. The van der Waals surface area contributed by atoms with Crippen LogP contribution in [-0.4, -0.2) is 34.6 Å². The van der Waals surface area contributed by atoms with Crippen molar-refractivity contribution in [3.8, 4) is 17.1 Å². The summed E-state index contributed by atoms with van der Waals surface area (Å²) in [5, 5.41) is 6.77. The molecule has 0 fully saturated rings. The van der Waals surface area contributed by atoms with Crippen LogP contribution in [-0.2, 0) is 11.3 Å². The molecule has 1 heterocycles. The number of hydrogen-bond donors (Lipinski definition) is 0. The fourth-order valence-corrected chi connectivity index (χ4v) is 2.96. The maximum absolute atomic E-state index is 12.4. The van der Waals surface area contributed by atoms with E-state index >= 15 is 0 Å². The first-order chi connectivity index (χ1) is 14.1. The van der Waals surface area contributed by atoms with Gasteiger partial charge in [0.05, 0.1) is 6.54 Å². The quantitative estimate of drug-likeness (QED) is 0.468. The van der Waals surface area contributed by atoms with Crippen LogP contribution in [0.25, 0.3) is 22.2 Å². The molecule has 7 heteroatoms. The highest BCUT2D eigenvalue weighted by molar-refractivity contribution is 6.30. The lowest BCUT2D eigenvalue weighted by Crippen LogP contribution is -2.31. The molecule has 0 saturated heterocycles. The number of carbonyl (C=O) groups is 1. The smallest absolute Gasteiger partial charge is 0.260 e. The van der Waals surface area contributed by atoms with Gasteiger partial charge in [0, 0.05) is 17.6 Å². The summed E-state index contributed by atoms with van der Waals surface area (Å²) in [5.74, 6) is 1.25. The van der Waals surface area contributed by atoms with E-state index in [4.69, 9.17) is 20.9 Å². The van der Waals surface area contributed by atoms with Crippen molar-refractivity contribution in [1.29, 1.82) is 0 Å². The zero-order valence-corrected chi connectivity index (χ0v) is 16.5. The van der Waals surface area contributed by atoms with E-state index in [1.807, 2.05) is 54.6 Å². The number of carbonyl (C=O) groups excluding carboxylic acids is 1. The van der Waals surface area contributed by atoms with Crippen LogP contribution in [0.15, 0.2) is 71.3 Å². The number of halogens is 1.